The molecule has 88 valence electrons. The number of ether oxygens (including phenoxy) is 1. The lowest BCUT2D eigenvalue weighted by molar-refractivity contribution is 0.475. The van der Waals surface area contributed by atoms with E-state index in [4.69, 9.17) is 10.5 Å². The van der Waals surface area contributed by atoms with Crippen LogP contribution >= 0.6 is 0 Å². The highest BCUT2D eigenvalue weighted by molar-refractivity contribution is 5.43. The van der Waals surface area contributed by atoms with Crippen molar-refractivity contribution in [3.63, 3.8) is 0 Å². The highest BCUT2D eigenvalue weighted by atomic mass is 16.5. The minimum absolute atomic E-state index is 0.559. The first-order valence-electron chi connectivity index (χ1n) is 5.74. The molecule has 2 aromatic carbocycles. The van der Waals surface area contributed by atoms with Crippen molar-refractivity contribution in [1.29, 1.82) is 0 Å². The van der Waals surface area contributed by atoms with Gasteiger partial charge < -0.3 is 10.5 Å². The van der Waals surface area contributed by atoms with E-state index in [-0.39, 0.29) is 0 Å². The van der Waals surface area contributed by atoms with E-state index >= 15 is 0 Å². The Hall–Kier alpha value is -1.80. The Balaban J connectivity index is 2.25. The zero-order chi connectivity index (χ0) is 12.3. The monoisotopic (exact) mass is 227 g/mol. The van der Waals surface area contributed by atoms with Gasteiger partial charge in [0.2, 0.25) is 0 Å². The predicted octanol–water partition coefficient (Wildman–Crippen LogP) is 3.55. The average molecular weight is 227 g/mol. The second-order valence-corrected chi connectivity index (χ2v) is 4.17. The van der Waals surface area contributed by atoms with Gasteiger partial charge in [-0.3, -0.25) is 0 Å². The third-order valence-corrected chi connectivity index (χ3v) is 2.79. The molecule has 0 fully saturated rings. The number of benzene rings is 2. The molecule has 0 aliphatic heterocycles. The Labute approximate surface area is 102 Å². The van der Waals surface area contributed by atoms with E-state index in [0.29, 0.717) is 6.54 Å². The van der Waals surface area contributed by atoms with Crippen molar-refractivity contribution in [3.8, 4) is 11.5 Å². The van der Waals surface area contributed by atoms with E-state index in [1.807, 2.05) is 30.3 Å². The minimum Gasteiger partial charge on any atom is -0.457 e. The highest BCUT2D eigenvalue weighted by Crippen LogP contribution is 2.28. The lowest BCUT2D eigenvalue weighted by Crippen LogP contribution is -1.96. The highest BCUT2D eigenvalue weighted by Gasteiger charge is 2.04. The molecule has 0 aliphatic rings. The van der Waals surface area contributed by atoms with E-state index in [1.54, 1.807) is 0 Å². The Kier molecular flexibility index (Phi) is 3.45. The molecule has 0 unspecified atom stereocenters. The average Bonchev–Trinajstić information content (AvgIpc) is 2.35. The fourth-order valence-corrected chi connectivity index (χ4v) is 1.77. The van der Waals surface area contributed by atoms with Gasteiger partial charge in [-0.25, -0.2) is 0 Å². The molecule has 2 rings (SSSR count). The Bertz CT molecular complexity index is 483. The standard InChI is InChI=1S/C15H17NO/c1-11-4-3-5-12(2)15(11)17-14-8-6-13(10-16)7-9-14/h3-9H,10,16H2,1-2H3. The first-order valence-corrected chi connectivity index (χ1v) is 5.74. The maximum absolute atomic E-state index is 5.90. The van der Waals surface area contributed by atoms with Crippen LogP contribution in [0.25, 0.3) is 0 Å². The van der Waals surface area contributed by atoms with Crippen molar-refractivity contribution >= 4 is 0 Å². The zero-order valence-electron chi connectivity index (χ0n) is 10.2. The second kappa shape index (κ2) is 5.02. The first kappa shape index (κ1) is 11.7. The van der Waals surface area contributed by atoms with Gasteiger partial charge in [0.25, 0.3) is 0 Å². The lowest BCUT2D eigenvalue weighted by Gasteiger charge is -2.11. The molecule has 17 heavy (non-hydrogen) atoms. The van der Waals surface area contributed by atoms with E-state index in [0.717, 1.165) is 28.2 Å². The molecule has 0 aliphatic carbocycles. The molecule has 2 N–H and O–H groups in total. The quantitative estimate of drug-likeness (QED) is 0.870. The van der Waals surface area contributed by atoms with Crippen LogP contribution in [0, 0.1) is 13.8 Å². The van der Waals surface area contributed by atoms with Gasteiger partial charge in [-0.05, 0) is 42.7 Å². The summed E-state index contributed by atoms with van der Waals surface area (Å²) in [7, 11) is 0. The third-order valence-electron chi connectivity index (χ3n) is 2.79. The molecule has 0 aromatic heterocycles. The smallest absolute Gasteiger partial charge is 0.133 e. The van der Waals surface area contributed by atoms with Gasteiger partial charge in [0.15, 0.2) is 0 Å². The molecule has 0 spiro atoms. The maximum atomic E-state index is 5.90. The summed E-state index contributed by atoms with van der Waals surface area (Å²) in [5.41, 5.74) is 8.96. The summed E-state index contributed by atoms with van der Waals surface area (Å²) in [4.78, 5) is 0. The summed E-state index contributed by atoms with van der Waals surface area (Å²) < 4.78 is 5.90. The van der Waals surface area contributed by atoms with Crippen LogP contribution < -0.4 is 10.5 Å². The van der Waals surface area contributed by atoms with Crippen LogP contribution in [0.4, 0.5) is 0 Å². The molecule has 2 heteroatoms. The first-order chi connectivity index (χ1) is 8.20. The van der Waals surface area contributed by atoms with Crippen LogP contribution in [0.15, 0.2) is 42.5 Å². The maximum Gasteiger partial charge on any atom is 0.133 e. The molecule has 2 nitrogen and oxygen atoms in total. The summed E-state index contributed by atoms with van der Waals surface area (Å²) in [6, 6.07) is 14.0. The minimum atomic E-state index is 0.559. The van der Waals surface area contributed by atoms with Crippen LogP contribution in [-0.4, -0.2) is 0 Å². The van der Waals surface area contributed by atoms with Crippen LogP contribution in [0.2, 0.25) is 0 Å². The number of hydrogen-bond donors (Lipinski definition) is 1. The number of rotatable bonds is 3. The summed E-state index contributed by atoms with van der Waals surface area (Å²) >= 11 is 0. The van der Waals surface area contributed by atoms with Gasteiger partial charge in [0.05, 0.1) is 0 Å². The SMILES string of the molecule is Cc1cccc(C)c1Oc1ccc(CN)cc1. The van der Waals surface area contributed by atoms with Crippen LogP contribution in [0.3, 0.4) is 0 Å². The van der Waals surface area contributed by atoms with Crippen molar-refractivity contribution in [2.24, 2.45) is 5.73 Å². The molecule has 0 saturated carbocycles. The summed E-state index contributed by atoms with van der Waals surface area (Å²) in [5, 5.41) is 0. The molecule has 0 heterocycles. The van der Waals surface area contributed by atoms with Crippen molar-refractivity contribution in [2.75, 3.05) is 0 Å². The predicted molar refractivity (Wildman–Crippen MR) is 70.3 cm³/mol. The van der Waals surface area contributed by atoms with Crippen molar-refractivity contribution in [1.82, 2.24) is 0 Å². The van der Waals surface area contributed by atoms with E-state index < -0.39 is 0 Å². The molecule has 0 atom stereocenters. The third kappa shape index (κ3) is 2.66. The van der Waals surface area contributed by atoms with E-state index in [9.17, 15) is 0 Å². The lowest BCUT2D eigenvalue weighted by atomic mass is 10.1. The van der Waals surface area contributed by atoms with Crippen molar-refractivity contribution in [2.45, 2.75) is 20.4 Å². The van der Waals surface area contributed by atoms with Gasteiger partial charge in [-0.1, -0.05) is 30.3 Å². The summed E-state index contributed by atoms with van der Waals surface area (Å²) in [6.45, 7) is 4.66. The molecule has 0 amide bonds. The van der Waals surface area contributed by atoms with Gasteiger partial charge in [-0.15, -0.1) is 0 Å². The Morgan fingerprint density at radius 1 is 0.941 bits per heavy atom. The zero-order valence-corrected chi connectivity index (χ0v) is 10.2. The Morgan fingerprint density at radius 2 is 1.53 bits per heavy atom. The van der Waals surface area contributed by atoms with Crippen LogP contribution in [0.5, 0.6) is 11.5 Å². The molecular formula is C15H17NO. The van der Waals surface area contributed by atoms with Crippen LogP contribution in [0.1, 0.15) is 16.7 Å². The summed E-state index contributed by atoms with van der Waals surface area (Å²) in [5.74, 6) is 1.78. The Morgan fingerprint density at radius 3 is 2.06 bits per heavy atom. The topological polar surface area (TPSA) is 35.2 Å². The normalized spacial score (nSPS) is 10.3. The molecular weight excluding hydrogens is 210 g/mol. The van der Waals surface area contributed by atoms with Gasteiger partial charge in [0.1, 0.15) is 11.5 Å². The van der Waals surface area contributed by atoms with E-state index in [1.165, 1.54) is 0 Å². The fraction of sp³-hybridized carbons (Fsp3) is 0.200. The molecule has 0 saturated heterocycles. The number of nitrogens with two attached hydrogens (primary N) is 1. The van der Waals surface area contributed by atoms with Gasteiger partial charge >= 0.3 is 0 Å². The fourth-order valence-electron chi connectivity index (χ4n) is 1.77. The van der Waals surface area contributed by atoms with Crippen molar-refractivity contribution in [3.05, 3.63) is 59.2 Å². The number of para-hydroxylation sites is 1. The van der Waals surface area contributed by atoms with Gasteiger partial charge in [0, 0.05) is 6.54 Å². The van der Waals surface area contributed by atoms with E-state index in [2.05, 4.69) is 26.0 Å². The molecule has 2 aromatic rings. The van der Waals surface area contributed by atoms with Crippen LogP contribution in [-0.2, 0) is 6.54 Å². The van der Waals surface area contributed by atoms with Gasteiger partial charge in [-0.2, -0.15) is 0 Å². The van der Waals surface area contributed by atoms with Crippen molar-refractivity contribution < 1.29 is 4.74 Å². The molecule has 0 radical (unpaired) electrons. The summed E-state index contributed by atoms with van der Waals surface area (Å²) in [6.07, 6.45) is 0. The number of aryl methyl sites for hydroxylation is 2. The largest absolute Gasteiger partial charge is 0.457 e. The molecule has 0 bridgehead atoms. The second-order valence-electron chi connectivity index (χ2n) is 4.17. The number of hydrogen-bond acceptors (Lipinski definition) is 2.